The summed E-state index contributed by atoms with van der Waals surface area (Å²) >= 11 is 6.46. The lowest BCUT2D eigenvalue weighted by atomic mass is 10.1. The second-order valence-electron chi connectivity index (χ2n) is 7.16. The van der Waals surface area contributed by atoms with Crippen molar-refractivity contribution in [2.24, 2.45) is 0 Å². The minimum Gasteiger partial charge on any atom is -0.381 e. The van der Waals surface area contributed by atoms with Crippen LogP contribution in [0.1, 0.15) is 11.3 Å². The fraction of sp³-hybridized carbons (Fsp3) is 0.0909. The molecule has 31 heavy (non-hydrogen) atoms. The first kappa shape index (κ1) is 19.1. The van der Waals surface area contributed by atoms with Crippen LogP contribution in [0.3, 0.4) is 0 Å². The van der Waals surface area contributed by atoms with Crippen molar-refractivity contribution in [3.8, 4) is 17.1 Å². The van der Waals surface area contributed by atoms with E-state index in [-0.39, 0.29) is 0 Å². The summed E-state index contributed by atoms with van der Waals surface area (Å²) in [5, 5.41) is 16.2. The van der Waals surface area contributed by atoms with Gasteiger partial charge in [0, 0.05) is 23.7 Å². The average molecular weight is 431 g/mol. The maximum atomic E-state index is 6.46. The molecular formula is C22H19ClN8. The summed E-state index contributed by atoms with van der Waals surface area (Å²) in [6, 6.07) is 15.7. The molecule has 4 N–H and O–H groups in total. The summed E-state index contributed by atoms with van der Waals surface area (Å²) in [5.41, 5.74) is 10.4. The number of anilines is 2. The third-order valence-corrected chi connectivity index (χ3v) is 5.22. The van der Waals surface area contributed by atoms with E-state index in [4.69, 9.17) is 22.3 Å². The Hall–Kier alpha value is -3.91. The molecule has 0 radical (unpaired) electrons. The predicted molar refractivity (Wildman–Crippen MR) is 122 cm³/mol. The molecule has 5 aromatic rings. The summed E-state index contributed by atoms with van der Waals surface area (Å²) in [7, 11) is 0. The summed E-state index contributed by atoms with van der Waals surface area (Å²) in [5.74, 6) is 1.34. The Balaban J connectivity index is 1.62. The van der Waals surface area contributed by atoms with Gasteiger partial charge in [-0.15, -0.1) is 0 Å². The van der Waals surface area contributed by atoms with Crippen molar-refractivity contribution in [1.29, 1.82) is 0 Å². The van der Waals surface area contributed by atoms with Crippen molar-refractivity contribution in [3.05, 3.63) is 77.2 Å². The van der Waals surface area contributed by atoms with Crippen LogP contribution < -0.4 is 11.1 Å². The predicted octanol–water partition coefficient (Wildman–Crippen LogP) is 4.36. The van der Waals surface area contributed by atoms with Crippen molar-refractivity contribution in [2.45, 2.75) is 13.5 Å². The summed E-state index contributed by atoms with van der Waals surface area (Å²) in [6.45, 7) is 2.49. The standard InChI is InChI=1S/C22H19ClN8/c1-13-7-8-31(30-13)22-19(15-9-16-12-26-29-18(16)17(23)10-15)27-20(24)21(28-22)25-11-14-5-3-2-4-6-14/h2-10,12H,11H2,1H3,(H2,24,27)(H,25,28)(H,26,29). The molecule has 0 saturated carbocycles. The van der Waals surface area contributed by atoms with Crippen LogP contribution in [0.2, 0.25) is 5.02 Å². The van der Waals surface area contributed by atoms with Crippen LogP contribution in [0, 0.1) is 6.92 Å². The van der Waals surface area contributed by atoms with Crippen molar-refractivity contribution in [2.75, 3.05) is 11.1 Å². The van der Waals surface area contributed by atoms with Crippen molar-refractivity contribution in [1.82, 2.24) is 29.9 Å². The van der Waals surface area contributed by atoms with Gasteiger partial charge < -0.3 is 11.1 Å². The molecule has 154 valence electrons. The first-order valence-corrected chi connectivity index (χ1v) is 10.1. The molecule has 2 aromatic carbocycles. The van der Waals surface area contributed by atoms with Gasteiger partial charge in [-0.25, -0.2) is 14.6 Å². The Morgan fingerprint density at radius 3 is 2.74 bits per heavy atom. The van der Waals surface area contributed by atoms with E-state index in [0.717, 1.165) is 27.7 Å². The minimum atomic E-state index is 0.293. The fourth-order valence-electron chi connectivity index (χ4n) is 3.39. The molecule has 0 amide bonds. The van der Waals surface area contributed by atoms with E-state index in [2.05, 4.69) is 25.6 Å². The van der Waals surface area contributed by atoms with E-state index in [0.29, 0.717) is 34.7 Å². The summed E-state index contributed by atoms with van der Waals surface area (Å²) in [4.78, 5) is 9.46. The van der Waals surface area contributed by atoms with Gasteiger partial charge in [0.25, 0.3) is 0 Å². The lowest BCUT2D eigenvalue weighted by Gasteiger charge is -2.14. The third kappa shape index (κ3) is 3.69. The number of aryl methyl sites for hydroxylation is 1. The van der Waals surface area contributed by atoms with Crippen LogP contribution in [0.25, 0.3) is 28.0 Å². The highest BCUT2D eigenvalue weighted by molar-refractivity contribution is 6.35. The van der Waals surface area contributed by atoms with Crippen molar-refractivity contribution in [3.63, 3.8) is 0 Å². The normalized spacial score (nSPS) is 11.2. The van der Waals surface area contributed by atoms with E-state index < -0.39 is 0 Å². The average Bonchev–Trinajstić information content (AvgIpc) is 3.42. The van der Waals surface area contributed by atoms with E-state index in [1.165, 1.54) is 0 Å². The third-order valence-electron chi connectivity index (χ3n) is 4.92. The highest BCUT2D eigenvalue weighted by Crippen LogP contribution is 2.33. The largest absolute Gasteiger partial charge is 0.381 e. The second-order valence-corrected chi connectivity index (χ2v) is 7.57. The fourth-order valence-corrected chi connectivity index (χ4v) is 3.66. The number of fused-ring (bicyclic) bond motifs is 1. The number of rotatable bonds is 5. The smallest absolute Gasteiger partial charge is 0.182 e. The molecule has 0 saturated heterocycles. The molecule has 0 unspecified atom stereocenters. The summed E-state index contributed by atoms with van der Waals surface area (Å²) in [6.07, 6.45) is 3.56. The maximum Gasteiger partial charge on any atom is 0.182 e. The minimum absolute atomic E-state index is 0.293. The van der Waals surface area contributed by atoms with E-state index in [9.17, 15) is 0 Å². The van der Waals surface area contributed by atoms with Crippen LogP contribution >= 0.6 is 11.6 Å². The molecule has 8 nitrogen and oxygen atoms in total. The molecule has 0 aliphatic rings. The van der Waals surface area contributed by atoms with Crippen LogP contribution in [-0.2, 0) is 6.54 Å². The van der Waals surface area contributed by atoms with Crippen LogP contribution in [-0.4, -0.2) is 29.9 Å². The number of nitrogens with two attached hydrogens (primary N) is 1. The highest BCUT2D eigenvalue weighted by atomic mass is 35.5. The lowest BCUT2D eigenvalue weighted by Crippen LogP contribution is -2.11. The van der Waals surface area contributed by atoms with Gasteiger partial charge in [-0.1, -0.05) is 41.9 Å². The van der Waals surface area contributed by atoms with E-state index >= 15 is 0 Å². The molecule has 3 heterocycles. The zero-order valence-electron chi connectivity index (χ0n) is 16.7. The molecule has 0 aliphatic carbocycles. The number of aromatic amines is 1. The molecule has 0 aliphatic heterocycles. The van der Waals surface area contributed by atoms with E-state index in [1.54, 1.807) is 10.9 Å². The maximum absolute atomic E-state index is 6.46. The Bertz CT molecular complexity index is 1370. The van der Waals surface area contributed by atoms with Gasteiger partial charge in [0.05, 0.1) is 22.4 Å². The molecule has 5 rings (SSSR count). The number of halogens is 1. The molecule has 0 atom stereocenters. The number of hydrogen-bond acceptors (Lipinski definition) is 6. The topological polar surface area (TPSA) is 110 Å². The first-order chi connectivity index (χ1) is 15.1. The van der Waals surface area contributed by atoms with Gasteiger partial charge in [-0.2, -0.15) is 10.2 Å². The molecule has 3 aromatic heterocycles. The number of hydrogen-bond donors (Lipinski definition) is 3. The van der Waals surface area contributed by atoms with Gasteiger partial charge in [0.15, 0.2) is 17.5 Å². The SMILES string of the molecule is Cc1ccn(-c2nc(NCc3ccccc3)c(N)nc2-c2cc(Cl)c3[nH]ncc3c2)n1. The molecule has 9 heteroatoms. The van der Waals surface area contributed by atoms with Crippen LogP contribution in [0.15, 0.2) is 60.9 Å². The van der Waals surface area contributed by atoms with Gasteiger partial charge in [0.2, 0.25) is 0 Å². The first-order valence-electron chi connectivity index (χ1n) is 9.69. The molecular weight excluding hydrogens is 412 g/mol. The monoisotopic (exact) mass is 430 g/mol. The van der Waals surface area contributed by atoms with Gasteiger partial charge >= 0.3 is 0 Å². The zero-order chi connectivity index (χ0) is 21.4. The van der Waals surface area contributed by atoms with Crippen LogP contribution in [0.4, 0.5) is 11.6 Å². The Labute approximate surface area is 183 Å². The number of H-pyrrole nitrogens is 1. The quantitative estimate of drug-likeness (QED) is 0.382. The van der Waals surface area contributed by atoms with Gasteiger partial charge in [-0.05, 0) is 30.7 Å². The number of nitrogens with one attached hydrogen (secondary N) is 2. The molecule has 0 bridgehead atoms. The number of nitrogen functional groups attached to an aromatic ring is 1. The summed E-state index contributed by atoms with van der Waals surface area (Å²) < 4.78 is 1.69. The number of nitrogens with zero attached hydrogens (tertiary/aromatic N) is 5. The number of benzene rings is 2. The van der Waals surface area contributed by atoms with E-state index in [1.807, 2.05) is 61.7 Å². The van der Waals surface area contributed by atoms with Gasteiger partial charge in [-0.3, -0.25) is 5.10 Å². The van der Waals surface area contributed by atoms with Gasteiger partial charge in [0.1, 0.15) is 5.69 Å². The Morgan fingerprint density at radius 2 is 1.97 bits per heavy atom. The molecule has 0 fully saturated rings. The second kappa shape index (κ2) is 7.73. The Kier molecular flexibility index (Phi) is 4.76. The number of aromatic nitrogens is 6. The highest BCUT2D eigenvalue weighted by Gasteiger charge is 2.18. The van der Waals surface area contributed by atoms with Crippen LogP contribution in [0.5, 0.6) is 0 Å². The Morgan fingerprint density at radius 1 is 1.13 bits per heavy atom. The lowest BCUT2D eigenvalue weighted by molar-refractivity contribution is 0.828. The molecule has 0 spiro atoms. The zero-order valence-corrected chi connectivity index (χ0v) is 17.4. The van der Waals surface area contributed by atoms with Crippen molar-refractivity contribution >= 4 is 34.1 Å². The van der Waals surface area contributed by atoms with Crippen molar-refractivity contribution < 1.29 is 0 Å².